The molecule has 136 valence electrons. The van der Waals surface area contributed by atoms with Gasteiger partial charge in [0.2, 0.25) is 5.91 Å². The van der Waals surface area contributed by atoms with E-state index < -0.39 is 0 Å². The number of hydrogen-bond acceptors (Lipinski definition) is 6. The number of pyridine rings is 1. The van der Waals surface area contributed by atoms with Gasteiger partial charge in [0.05, 0.1) is 5.75 Å². The van der Waals surface area contributed by atoms with E-state index in [-0.39, 0.29) is 11.7 Å². The molecule has 0 saturated heterocycles. The quantitative estimate of drug-likeness (QED) is 0.539. The lowest BCUT2D eigenvalue weighted by molar-refractivity contribution is -0.113. The fourth-order valence-corrected chi connectivity index (χ4v) is 4.24. The smallest absolute Gasteiger partial charge is 0.236 e. The zero-order valence-corrected chi connectivity index (χ0v) is 17.6. The number of carbonyl (C=O) groups excluding carboxylic acids is 1. The second kappa shape index (κ2) is 8.79. The molecule has 26 heavy (non-hydrogen) atoms. The summed E-state index contributed by atoms with van der Waals surface area (Å²) in [5.41, 5.74) is 1.07. The van der Waals surface area contributed by atoms with Crippen LogP contribution in [0.1, 0.15) is 18.2 Å². The van der Waals surface area contributed by atoms with Crippen LogP contribution in [0.4, 0.5) is 5.82 Å². The van der Waals surface area contributed by atoms with Crippen molar-refractivity contribution in [2.45, 2.75) is 24.9 Å². The van der Waals surface area contributed by atoms with Crippen LogP contribution in [0.2, 0.25) is 0 Å². The number of nitrogens with zero attached hydrogens (tertiary/aromatic N) is 4. The normalized spacial score (nSPS) is 10.9. The van der Waals surface area contributed by atoms with Crippen LogP contribution in [0.3, 0.4) is 0 Å². The highest BCUT2D eigenvalue weighted by atomic mass is 79.9. The van der Waals surface area contributed by atoms with Gasteiger partial charge < -0.3 is 9.88 Å². The highest BCUT2D eigenvalue weighted by Gasteiger charge is 2.14. The van der Waals surface area contributed by atoms with Crippen molar-refractivity contribution in [3.63, 3.8) is 0 Å². The first-order chi connectivity index (χ1) is 12.6. The standard InChI is InChI=1S/C17H18BrN5OS2/c1-3-4-13-7-11(9-25-13)16-21-22-17(23(16)2)26-10-15(24)20-14-6-5-12(18)8-19-14/h5-9H,3-4,10H2,1-2H3,(H,19,20,24). The molecule has 0 saturated carbocycles. The van der Waals surface area contributed by atoms with Gasteiger partial charge in [-0.25, -0.2) is 4.98 Å². The third-order valence-electron chi connectivity index (χ3n) is 3.57. The molecular formula is C17H18BrN5OS2. The van der Waals surface area contributed by atoms with Crippen LogP contribution in [0, 0.1) is 0 Å². The maximum Gasteiger partial charge on any atom is 0.236 e. The van der Waals surface area contributed by atoms with E-state index >= 15 is 0 Å². The highest BCUT2D eigenvalue weighted by Crippen LogP contribution is 2.27. The van der Waals surface area contributed by atoms with Gasteiger partial charge in [-0.2, -0.15) is 0 Å². The van der Waals surface area contributed by atoms with Crippen LogP contribution in [0.25, 0.3) is 11.4 Å². The van der Waals surface area contributed by atoms with E-state index in [1.54, 1.807) is 23.6 Å². The second-order valence-corrected chi connectivity index (χ2v) is 8.47. The molecule has 3 heterocycles. The molecule has 6 nitrogen and oxygen atoms in total. The van der Waals surface area contributed by atoms with E-state index in [1.165, 1.54) is 16.6 Å². The number of hydrogen-bond donors (Lipinski definition) is 1. The van der Waals surface area contributed by atoms with E-state index in [4.69, 9.17) is 0 Å². The SMILES string of the molecule is CCCc1cc(-c2nnc(SCC(=O)Nc3ccc(Br)cn3)n2C)cs1. The van der Waals surface area contributed by atoms with Crippen LogP contribution in [0.15, 0.2) is 39.4 Å². The minimum Gasteiger partial charge on any atom is -0.310 e. The lowest BCUT2D eigenvalue weighted by Gasteiger charge is -2.04. The molecule has 0 spiro atoms. The van der Waals surface area contributed by atoms with Gasteiger partial charge >= 0.3 is 0 Å². The van der Waals surface area contributed by atoms with Gasteiger partial charge in [-0.15, -0.1) is 21.5 Å². The molecule has 0 aromatic carbocycles. The number of halogens is 1. The number of aryl methyl sites for hydroxylation is 1. The fraction of sp³-hybridized carbons (Fsp3) is 0.294. The summed E-state index contributed by atoms with van der Waals surface area (Å²) in [5, 5.41) is 14.1. The number of nitrogens with one attached hydrogen (secondary N) is 1. The van der Waals surface area contributed by atoms with Gasteiger partial charge in [-0.05, 0) is 40.5 Å². The molecule has 1 amide bonds. The number of anilines is 1. The maximum absolute atomic E-state index is 12.1. The summed E-state index contributed by atoms with van der Waals surface area (Å²) < 4.78 is 2.79. The minimum atomic E-state index is -0.130. The Morgan fingerprint density at radius 3 is 2.96 bits per heavy atom. The van der Waals surface area contributed by atoms with Crippen LogP contribution in [-0.4, -0.2) is 31.4 Å². The molecule has 0 unspecified atom stereocenters. The van der Waals surface area contributed by atoms with Gasteiger partial charge in [0.25, 0.3) is 0 Å². The van der Waals surface area contributed by atoms with Gasteiger partial charge in [0, 0.05) is 33.5 Å². The van der Waals surface area contributed by atoms with E-state index in [2.05, 4.69) is 54.8 Å². The Kier molecular flexibility index (Phi) is 6.44. The summed E-state index contributed by atoms with van der Waals surface area (Å²) in [4.78, 5) is 17.6. The highest BCUT2D eigenvalue weighted by molar-refractivity contribution is 9.10. The van der Waals surface area contributed by atoms with Gasteiger partial charge in [-0.1, -0.05) is 25.1 Å². The Hall–Kier alpha value is -1.71. The molecule has 0 aliphatic carbocycles. The van der Waals surface area contributed by atoms with E-state index in [0.717, 1.165) is 28.7 Å². The third kappa shape index (κ3) is 4.72. The van der Waals surface area contributed by atoms with Crippen molar-refractivity contribution in [2.75, 3.05) is 11.1 Å². The molecule has 0 bridgehead atoms. The van der Waals surface area contributed by atoms with Crippen molar-refractivity contribution in [2.24, 2.45) is 7.05 Å². The Labute approximate surface area is 168 Å². The largest absolute Gasteiger partial charge is 0.310 e. The number of thiophene rings is 1. The summed E-state index contributed by atoms with van der Waals surface area (Å²) in [6.07, 6.45) is 3.85. The number of thioether (sulfide) groups is 1. The molecule has 0 aliphatic rings. The Balaban J connectivity index is 1.60. The minimum absolute atomic E-state index is 0.130. The monoisotopic (exact) mass is 451 g/mol. The van der Waals surface area contributed by atoms with E-state index in [1.807, 2.05) is 17.7 Å². The number of amides is 1. The zero-order valence-electron chi connectivity index (χ0n) is 14.4. The molecule has 0 radical (unpaired) electrons. The van der Waals surface area contributed by atoms with Crippen LogP contribution in [0.5, 0.6) is 0 Å². The third-order valence-corrected chi connectivity index (χ3v) is 6.06. The van der Waals surface area contributed by atoms with Crippen LogP contribution in [-0.2, 0) is 18.3 Å². The second-order valence-electron chi connectivity index (χ2n) is 5.62. The molecule has 0 aliphatic heterocycles. The molecule has 3 aromatic rings. The number of aromatic nitrogens is 4. The van der Waals surface area contributed by atoms with Crippen molar-refractivity contribution in [1.29, 1.82) is 0 Å². The first-order valence-corrected chi connectivity index (χ1v) is 10.7. The maximum atomic E-state index is 12.1. The topological polar surface area (TPSA) is 72.7 Å². The van der Waals surface area contributed by atoms with Crippen molar-refractivity contribution < 1.29 is 4.79 Å². The van der Waals surface area contributed by atoms with Gasteiger partial charge in [-0.3, -0.25) is 4.79 Å². The molecule has 3 rings (SSSR count). The zero-order chi connectivity index (χ0) is 18.5. The Bertz CT molecular complexity index is 891. The first kappa shape index (κ1) is 19.1. The van der Waals surface area contributed by atoms with Gasteiger partial charge in [0.15, 0.2) is 11.0 Å². The summed E-state index contributed by atoms with van der Waals surface area (Å²) in [6.45, 7) is 2.17. The molecular weight excluding hydrogens is 434 g/mol. The van der Waals surface area contributed by atoms with Crippen molar-refractivity contribution in [1.82, 2.24) is 19.7 Å². The average Bonchev–Trinajstić information content (AvgIpc) is 3.22. The molecule has 0 atom stereocenters. The van der Waals surface area contributed by atoms with E-state index in [9.17, 15) is 4.79 Å². The average molecular weight is 452 g/mol. The molecule has 1 N–H and O–H groups in total. The summed E-state index contributed by atoms with van der Waals surface area (Å²) in [6, 6.07) is 5.74. The Morgan fingerprint density at radius 2 is 2.23 bits per heavy atom. The first-order valence-electron chi connectivity index (χ1n) is 8.08. The number of carbonyl (C=O) groups is 1. The van der Waals surface area contributed by atoms with Crippen molar-refractivity contribution in [3.8, 4) is 11.4 Å². The van der Waals surface area contributed by atoms with Crippen molar-refractivity contribution >= 4 is 50.8 Å². The van der Waals surface area contributed by atoms with Gasteiger partial charge in [0.1, 0.15) is 5.82 Å². The predicted molar refractivity (Wildman–Crippen MR) is 110 cm³/mol. The lowest BCUT2D eigenvalue weighted by atomic mass is 10.2. The van der Waals surface area contributed by atoms with E-state index in [0.29, 0.717) is 11.0 Å². The predicted octanol–water partition coefficient (Wildman–Crippen LogP) is 4.38. The fourth-order valence-electron chi connectivity index (χ4n) is 2.33. The summed E-state index contributed by atoms with van der Waals surface area (Å²) >= 11 is 6.41. The number of rotatable bonds is 7. The van der Waals surface area contributed by atoms with Crippen molar-refractivity contribution in [3.05, 3.63) is 39.1 Å². The molecule has 0 fully saturated rings. The van der Waals surface area contributed by atoms with Crippen LogP contribution < -0.4 is 5.32 Å². The van der Waals surface area contributed by atoms with Crippen LogP contribution >= 0.6 is 39.0 Å². The lowest BCUT2D eigenvalue weighted by Crippen LogP contribution is -2.15. The molecule has 9 heteroatoms. The summed E-state index contributed by atoms with van der Waals surface area (Å²) in [5.74, 6) is 1.46. The Morgan fingerprint density at radius 1 is 1.38 bits per heavy atom. The molecule has 3 aromatic heterocycles. The summed E-state index contributed by atoms with van der Waals surface area (Å²) in [7, 11) is 1.92.